The molecular formula is C28H36FN5O5. The summed E-state index contributed by atoms with van der Waals surface area (Å²) in [5.74, 6) is -0.798. The van der Waals surface area contributed by atoms with E-state index in [0.29, 0.717) is 13.2 Å². The second-order valence-corrected chi connectivity index (χ2v) is 10.1. The highest BCUT2D eigenvalue weighted by Gasteiger charge is 2.44. The van der Waals surface area contributed by atoms with Crippen molar-refractivity contribution in [3.8, 4) is 5.75 Å². The molecule has 2 N–H and O–H groups in total. The second-order valence-electron chi connectivity index (χ2n) is 10.1. The van der Waals surface area contributed by atoms with Crippen LogP contribution in [-0.4, -0.2) is 94.9 Å². The number of ether oxygens (including phenoxy) is 1. The summed E-state index contributed by atoms with van der Waals surface area (Å²) in [5.41, 5.74) is 1.49. The number of carbonyl (C=O) groups is 3. The van der Waals surface area contributed by atoms with Crippen molar-refractivity contribution >= 4 is 17.8 Å². The molecule has 39 heavy (non-hydrogen) atoms. The van der Waals surface area contributed by atoms with Crippen LogP contribution in [0.4, 0.5) is 9.18 Å². The molecule has 11 heteroatoms. The van der Waals surface area contributed by atoms with E-state index in [1.165, 1.54) is 39.2 Å². The fourth-order valence-corrected chi connectivity index (χ4v) is 5.18. The lowest BCUT2D eigenvalue weighted by Crippen LogP contribution is -2.70. The number of nitrogens with zero attached hydrogens (tertiary/aromatic N) is 4. The fraction of sp³-hybridized carbons (Fsp3) is 0.464. The number of urea groups is 1. The normalized spacial score (nSPS) is 20.7. The Bertz CT molecular complexity index is 1160. The predicted molar refractivity (Wildman–Crippen MR) is 142 cm³/mol. The highest BCUT2D eigenvalue weighted by Crippen LogP contribution is 2.24. The first kappa shape index (κ1) is 28.3. The SMILES string of the molecule is C[C@H]1N([C@@H](Cc2ccc(O)cc2)C(=O)N(C)CC2CCCO2)C(=O)CN(C)N1C(=O)NCc1ccc(F)cc1. The van der Waals surface area contributed by atoms with Crippen LogP contribution in [0.15, 0.2) is 48.5 Å². The summed E-state index contributed by atoms with van der Waals surface area (Å²) in [7, 11) is 3.34. The van der Waals surface area contributed by atoms with Gasteiger partial charge in [-0.1, -0.05) is 24.3 Å². The van der Waals surface area contributed by atoms with E-state index >= 15 is 0 Å². The number of amides is 4. The van der Waals surface area contributed by atoms with Crippen molar-refractivity contribution in [2.24, 2.45) is 0 Å². The average Bonchev–Trinajstić information content (AvgIpc) is 3.41. The number of nitrogens with one attached hydrogen (secondary N) is 1. The fourth-order valence-electron chi connectivity index (χ4n) is 5.18. The number of halogens is 1. The van der Waals surface area contributed by atoms with Crippen LogP contribution in [0.25, 0.3) is 0 Å². The lowest BCUT2D eigenvalue weighted by atomic mass is 10.0. The van der Waals surface area contributed by atoms with E-state index in [-0.39, 0.29) is 49.0 Å². The van der Waals surface area contributed by atoms with Crippen molar-refractivity contribution in [1.82, 2.24) is 25.1 Å². The van der Waals surface area contributed by atoms with Crippen molar-refractivity contribution in [2.45, 2.75) is 51.0 Å². The molecule has 0 saturated carbocycles. The number of phenols is 1. The Morgan fingerprint density at radius 2 is 1.82 bits per heavy atom. The summed E-state index contributed by atoms with van der Waals surface area (Å²) in [6.07, 6.45) is 1.19. The Balaban J connectivity index is 1.56. The Morgan fingerprint density at radius 3 is 2.46 bits per heavy atom. The summed E-state index contributed by atoms with van der Waals surface area (Å²) in [5, 5.41) is 15.5. The Kier molecular flexibility index (Phi) is 9.03. The Morgan fingerprint density at radius 1 is 1.15 bits per heavy atom. The van der Waals surface area contributed by atoms with Crippen molar-refractivity contribution in [2.75, 3.05) is 33.8 Å². The second kappa shape index (κ2) is 12.4. The van der Waals surface area contributed by atoms with Crippen molar-refractivity contribution in [3.63, 3.8) is 0 Å². The molecule has 2 aliphatic rings. The molecule has 2 fully saturated rings. The number of hydrogen-bond donors (Lipinski definition) is 2. The van der Waals surface area contributed by atoms with E-state index in [0.717, 1.165) is 24.0 Å². The molecule has 2 aromatic carbocycles. The third-order valence-corrected chi connectivity index (χ3v) is 7.21. The van der Waals surface area contributed by atoms with E-state index in [2.05, 4.69) is 5.32 Å². The van der Waals surface area contributed by atoms with E-state index in [9.17, 15) is 23.9 Å². The van der Waals surface area contributed by atoms with Crippen LogP contribution in [0.3, 0.4) is 0 Å². The van der Waals surface area contributed by atoms with E-state index in [1.807, 2.05) is 0 Å². The Hall–Kier alpha value is -3.70. The predicted octanol–water partition coefficient (Wildman–Crippen LogP) is 2.33. The zero-order valence-corrected chi connectivity index (χ0v) is 22.5. The molecule has 10 nitrogen and oxygen atoms in total. The van der Waals surface area contributed by atoms with E-state index in [1.54, 1.807) is 50.2 Å². The monoisotopic (exact) mass is 541 g/mol. The number of likely N-dealkylation sites (N-methyl/N-ethyl adjacent to an activating group) is 2. The number of hydrogen-bond acceptors (Lipinski definition) is 6. The Labute approximate surface area is 227 Å². The van der Waals surface area contributed by atoms with Gasteiger partial charge in [0.25, 0.3) is 0 Å². The zero-order chi connectivity index (χ0) is 28.1. The molecule has 0 aliphatic carbocycles. The first-order chi connectivity index (χ1) is 18.6. The van der Waals surface area contributed by atoms with Crippen LogP contribution in [0.1, 0.15) is 30.9 Å². The van der Waals surface area contributed by atoms with Crippen molar-refractivity contribution < 1.29 is 28.6 Å². The van der Waals surface area contributed by atoms with Gasteiger partial charge in [0.05, 0.1) is 12.6 Å². The first-order valence-electron chi connectivity index (χ1n) is 13.1. The molecule has 3 atom stereocenters. The quantitative estimate of drug-likeness (QED) is 0.532. The number of carbonyl (C=O) groups excluding carboxylic acids is 3. The molecule has 0 aromatic heterocycles. The minimum Gasteiger partial charge on any atom is -0.508 e. The smallest absolute Gasteiger partial charge is 0.334 e. The van der Waals surface area contributed by atoms with Gasteiger partial charge in [0.15, 0.2) is 0 Å². The molecule has 4 amide bonds. The standard InChI is InChI=1S/C28H36FN5O5/c1-19-33(26(36)18-32(3)34(19)28(38)30-16-21-6-10-22(29)11-7-21)25(15-20-8-12-23(35)13-9-20)27(37)31(2)17-24-5-4-14-39-24/h6-13,19,24-25,35H,4-5,14-18H2,1-3H3,(H,30,38)/t19-,24?,25-/m0/s1. The zero-order valence-electron chi connectivity index (χ0n) is 22.5. The van der Waals surface area contributed by atoms with Gasteiger partial charge in [0.2, 0.25) is 11.8 Å². The minimum atomic E-state index is -0.885. The molecule has 1 unspecified atom stereocenters. The van der Waals surface area contributed by atoms with Gasteiger partial charge >= 0.3 is 6.03 Å². The molecular weight excluding hydrogens is 505 g/mol. The summed E-state index contributed by atoms with van der Waals surface area (Å²) < 4.78 is 19.0. The molecule has 210 valence electrons. The summed E-state index contributed by atoms with van der Waals surface area (Å²) >= 11 is 0. The van der Waals surface area contributed by atoms with Crippen LogP contribution >= 0.6 is 0 Å². The largest absolute Gasteiger partial charge is 0.508 e. The maximum absolute atomic E-state index is 13.9. The number of rotatable bonds is 8. The van der Waals surface area contributed by atoms with Gasteiger partial charge in [-0.3, -0.25) is 9.59 Å². The van der Waals surface area contributed by atoms with Gasteiger partial charge in [-0.2, -0.15) is 0 Å². The minimum absolute atomic E-state index is 0.0531. The molecule has 4 rings (SSSR count). The van der Waals surface area contributed by atoms with Gasteiger partial charge in [-0.15, -0.1) is 0 Å². The maximum atomic E-state index is 13.9. The number of aromatic hydroxyl groups is 1. The van der Waals surface area contributed by atoms with Gasteiger partial charge in [-0.05, 0) is 55.2 Å². The van der Waals surface area contributed by atoms with Crippen LogP contribution in [-0.2, 0) is 27.3 Å². The van der Waals surface area contributed by atoms with Crippen molar-refractivity contribution in [1.29, 1.82) is 0 Å². The third kappa shape index (κ3) is 6.85. The molecule has 2 aliphatic heterocycles. The average molecular weight is 542 g/mol. The lowest BCUT2D eigenvalue weighted by molar-refractivity contribution is -0.171. The summed E-state index contributed by atoms with van der Waals surface area (Å²) in [4.78, 5) is 43.6. The lowest BCUT2D eigenvalue weighted by Gasteiger charge is -2.49. The van der Waals surface area contributed by atoms with Gasteiger partial charge in [0.1, 0.15) is 23.8 Å². The van der Waals surface area contributed by atoms with Gasteiger partial charge in [-0.25, -0.2) is 19.2 Å². The van der Waals surface area contributed by atoms with Crippen LogP contribution in [0.5, 0.6) is 5.75 Å². The molecule has 0 radical (unpaired) electrons. The van der Waals surface area contributed by atoms with E-state index < -0.39 is 18.2 Å². The number of phenolic OH excluding ortho intramolecular Hbond substituents is 1. The topological polar surface area (TPSA) is 106 Å². The highest BCUT2D eigenvalue weighted by atomic mass is 19.1. The summed E-state index contributed by atoms with van der Waals surface area (Å²) in [6.45, 7) is 2.86. The molecule has 2 saturated heterocycles. The maximum Gasteiger partial charge on any atom is 0.334 e. The highest BCUT2D eigenvalue weighted by molar-refractivity contribution is 5.90. The molecule has 0 bridgehead atoms. The van der Waals surface area contributed by atoms with Gasteiger partial charge < -0.3 is 25.0 Å². The summed E-state index contributed by atoms with van der Waals surface area (Å²) in [6, 6.07) is 11.0. The van der Waals surface area contributed by atoms with Crippen LogP contribution < -0.4 is 5.32 Å². The van der Waals surface area contributed by atoms with Crippen LogP contribution in [0, 0.1) is 5.82 Å². The van der Waals surface area contributed by atoms with Crippen molar-refractivity contribution in [3.05, 3.63) is 65.5 Å². The number of hydrazine groups is 1. The first-order valence-corrected chi connectivity index (χ1v) is 13.1. The van der Waals surface area contributed by atoms with E-state index in [4.69, 9.17) is 4.74 Å². The molecule has 2 heterocycles. The van der Waals surface area contributed by atoms with Crippen LogP contribution in [0.2, 0.25) is 0 Å². The van der Waals surface area contributed by atoms with Gasteiger partial charge in [0, 0.05) is 40.2 Å². The molecule has 2 aromatic rings. The molecule has 0 spiro atoms. The number of benzene rings is 2. The third-order valence-electron chi connectivity index (χ3n) is 7.21.